The van der Waals surface area contributed by atoms with E-state index in [-0.39, 0.29) is 6.04 Å². The largest absolute Gasteiger partial charge is 0.298 e. The number of rotatable bonds is 4. The summed E-state index contributed by atoms with van der Waals surface area (Å²) in [7, 11) is 0. The molecular weight excluding hydrogens is 208 g/mol. The Morgan fingerprint density at radius 2 is 2.12 bits per heavy atom. The summed E-state index contributed by atoms with van der Waals surface area (Å²) in [6.07, 6.45) is 7.66. The highest BCUT2D eigenvalue weighted by molar-refractivity contribution is 5.15. The molecule has 0 saturated carbocycles. The van der Waals surface area contributed by atoms with Crippen molar-refractivity contribution in [1.82, 2.24) is 5.32 Å². The van der Waals surface area contributed by atoms with E-state index in [2.05, 4.69) is 35.7 Å². The minimum Gasteiger partial charge on any atom is -0.298 e. The highest BCUT2D eigenvalue weighted by atomic mass is 14.9. The first-order chi connectivity index (χ1) is 8.40. The van der Waals surface area contributed by atoms with Crippen LogP contribution in [0.1, 0.15) is 24.8 Å². The van der Waals surface area contributed by atoms with Gasteiger partial charge in [-0.2, -0.15) is 5.26 Å². The van der Waals surface area contributed by atoms with Gasteiger partial charge >= 0.3 is 0 Å². The molecule has 2 atom stereocenters. The molecule has 17 heavy (non-hydrogen) atoms. The molecule has 1 aromatic carbocycles. The van der Waals surface area contributed by atoms with E-state index in [4.69, 9.17) is 0 Å². The monoisotopic (exact) mass is 226 g/mol. The molecular formula is C15H18N2. The molecule has 0 aromatic heterocycles. The highest BCUT2D eigenvalue weighted by Gasteiger charge is 2.20. The predicted molar refractivity (Wildman–Crippen MR) is 69.2 cm³/mol. The number of hydrogen-bond donors (Lipinski definition) is 1. The average molecular weight is 226 g/mol. The second-order valence-corrected chi connectivity index (χ2v) is 4.52. The third kappa shape index (κ3) is 3.44. The van der Waals surface area contributed by atoms with Gasteiger partial charge in [-0.1, -0.05) is 42.5 Å². The summed E-state index contributed by atoms with van der Waals surface area (Å²) in [5.74, 6) is 0.466. The van der Waals surface area contributed by atoms with Crippen LogP contribution < -0.4 is 5.32 Å². The molecule has 0 fully saturated rings. The number of nitrogens with one attached hydrogen (secondary N) is 1. The van der Waals surface area contributed by atoms with Gasteiger partial charge in [0.25, 0.3) is 0 Å². The van der Waals surface area contributed by atoms with Crippen LogP contribution in [0.4, 0.5) is 0 Å². The van der Waals surface area contributed by atoms with Crippen LogP contribution in [0.15, 0.2) is 42.5 Å². The van der Waals surface area contributed by atoms with Crippen LogP contribution in [0.2, 0.25) is 0 Å². The Hall–Kier alpha value is -1.59. The molecule has 0 saturated heterocycles. The predicted octanol–water partition coefficient (Wildman–Crippen LogP) is 3.02. The lowest BCUT2D eigenvalue weighted by atomic mass is 9.88. The lowest BCUT2D eigenvalue weighted by molar-refractivity contribution is 0.382. The molecule has 1 aromatic rings. The van der Waals surface area contributed by atoms with E-state index in [1.54, 1.807) is 0 Å². The quantitative estimate of drug-likeness (QED) is 0.801. The molecule has 88 valence electrons. The van der Waals surface area contributed by atoms with Crippen molar-refractivity contribution in [2.75, 3.05) is 0 Å². The molecule has 0 amide bonds. The minimum absolute atomic E-state index is 0.0276. The standard InChI is InChI=1S/C15H18N2/c16-11-15(14-9-5-2-6-10-14)17-12-13-7-3-1-4-8-13/h1-5,7-8,14-15,17H,6,9-10,12H2. The summed E-state index contributed by atoms with van der Waals surface area (Å²) in [5, 5.41) is 12.6. The van der Waals surface area contributed by atoms with Gasteiger partial charge in [0.2, 0.25) is 0 Å². The van der Waals surface area contributed by atoms with Crippen LogP contribution in [-0.4, -0.2) is 6.04 Å². The van der Waals surface area contributed by atoms with Gasteiger partial charge < -0.3 is 0 Å². The fourth-order valence-electron chi connectivity index (χ4n) is 2.26. The summed E-state index contributed by atoms with van der Waals surface area (Å²) in [5.41, 5.74) is 1.24. The van der Waals surface area contributed by atoms with Gasteiger partial charge in [-0.3, -0.25) is 5.32 Å². The summed E-state index contributed by atoms with van der Waals surface area (Å²) in [4.78, 5) is 0. The van der Waals surface area contributed by atoms with E-state index in [1.165, 1.54) is 5.56 Å². The first-order valence-electron chi connectivity index (χ1n) is 6.22. The zero-order chi connectivity index (χ0) is 11.9. The van der Waals surface area contributed by atoms with E-state index >= 15 is 0 Å². The Morgan fingerprint density at radius 1 is 1.29 bits per heavy atom. The molecule has 2 nitrogen and oxygen atoms in total. The molecule has 0 radical (unpaired) electrons. The summed E-state index contributed by atoms with van der Waals surface area (Å²) >= 11 is 0. The maximum Gasteiger partial charge on any atom is 0.0987 e. The van der Waals surface area contributed by atoms with Crippen LogP contribution in [0, 0.1) is 17.2 Å². The zero-order valence-electron chi connectivity index (χ0n) is 9.97. The van der Waals surface area contributed by atoms with E-state index < -0.39 is 0 Å². The lowest BCUT2D eigenvalue weighted by Crippen LogP contribution is -2.35. The van der Waals surface area contributed by atoms with Gasteiger partial charge in [-0.15, -0.1) is 0 Å². The van der Waals surface area contributed by atoms with Crippen molar-refractivity contribution in [2.45, 2.75) is 31.8 Å². The molecule has 1 aliphatic rings. The first-order valence-corrected chi connectivity index (χ1v) is 6.22. The summed E-state index contributed by atoms with van der Waals surface area (Å²) in [6.45, 7) is 0.777. The van der Waals surface area contributed by atoms with Crippen molar-refractivity contribution in [3.05, 3.63) is 48.0 Å². The van der Waals surface area contributed by atoms with Crippen molar-refractivity contribution in [2.24, 2.45) is 5.92 Å². The van der Waals surface area contributed by atoms with Crippen molar-refractivity contribution >= 4 is 0 Å². The molecule has 2 rings (SSSR count). The molecule has 0 spiro atoms. The zero-order valence-corrected chi connectivity index (χ0v) is 9.97. The van der Waals surface area contributed by atoms with E-state index in [9.17, 15) is 5.26 Å². The molecule has 2 unspecified atom stereocenters. The summed E-state index contributed by atoms with van der Waals surface area (Å²) in [6, 6.07) is 12.6. The molecule has 1 aliphatic carbocycles. The van der Waals surface area contributed by atoms with Crippen molar-refractivity contribution in [3.63, 3.8) is 0 Å². The number of allylic oxidation sites excluding steroid dienone is 2. The number of hydrogen-bond acceptors (Lipinski definition) is 2. The molecule has 2 heteroatoms. The number of nitrogens with zero attached hydrogens (tertiary/aromatic N) is 1. The maximum absolute atomic E-state index is 9.22. The average Bonchev–Trinajstić information content (AvgIpc) is 2.42. The Kier molecular flexibility index (Phi) is 4.35. The van der Waals surface area contributed by atoms with Gasteiger partial charge in [0.05, 0.1) is 12.1 Å². The van der Waals surface area contributed by atoms with Gasteiger partial charge in [0, 0.05) is 6.54 Å². The van der Waals surface area contributed by atoms with Crippen LogP contribution >= 0.6 is 0 Å². The minimum atomic E-state index is -0.0276. The molecule has 0 aliphatic heterocycles. The molecule has 0 heterocycles. The Labute approximate surface area is 103 Å². The van der Waals surface area contributed by atoms with E-state index in [1.807, 2.05) is 18.2 Å². The fraction of sp³-hybridized carbons (Fsp3) is 0.400. The normalized spacial score (nSPS) is 20.8. The van der Waals surface area contributed by atoms with Crippen LogP contribution in [-0.2, 0) is 6.54 Å². The SMILES string of the molecule is N#CC(NCc1ccccc1)C1CC=CCC1. The van der Waals surface area contributed by atoms with E-state index in [0.29, 0.717) is 5.92 Å². The van der Waals surface area contributed by atoms with Gasteiger partial charge in [0.15, 0.2) is 0 Å². The van der Waals surface area contributed by atoms with Gasteiger partial charge in [0.1, 0.15) is 0 Å². The van der Waals surface area contributed by atoms with Crippen LogP contribution in [0.25, 0.3) is 0 Å². The number of benzene rings is 1. The second-order valence-electron chi connectivity index (χ2n) is 4.52. The fourth-order valence-corrected chi connectivity index (χ4v) is 2.26. The third-order valence-electron chi connectivity index (χ3n) is 3.29. The summed E-state index contributed by atoms with van der Waals surface area (Å²) < 4.78 is 0. The van der Waals surface area contributed by atoms with Crippen molar-refractivity contribution in [3.8, 4) is 6.07 Å². The van der Waals surface area contributed by atoms with Gasteiger partial charge in [-0.25, -0.2) is 0 Å². The lowest BCUT2D eigenvalue weighted by Gasteiger charge is -2.23. The van der Waals surface area contributed by atoms with Gasteiger partial charge in [-0.05, 0) is 30.7 Å². The second kappa shape index (κ2) is 6.22. The van der Waals surface area contributed by atoms with Crippen molar-refractivity contribution < 1.29 is 0 Å². The highest BCUT2D eigenvalue weighted by Crippen LogP contribution is 2.21. The third-order valence-corrected chi connectivity index (χ3v) is 3.29. The van der Waals surface area contributed by atoms with Crippen LogP contribution in [0.5, 0.6) is 0 Å². The molecule has 1 N–H and O–H groups in total. The smallest absolute Gasteiger partial charge is 0.0987 e. The Balaban J connectivity index is 1.88. The Morgan fingerprint density at radius 3 is 2.76 bits per heavy atom. The van der Waals surface area contributed by atoms with Crippen LogP contribution in [0.3, 0.4) is 0 Å². The maximum atomic E-state index is 9.22. The first kappa shape index (κ1) is 11.9. The topological polar surface area (TPSA) is 35.8 Å². The number of nitriles is 1. The molecule has 0 bridgehead atoms. The Bertz CT molecular complexity index is 403. The van der Waals surface area contributed by atoms with E-state index in [0.717, 1.165) is 25.8 Å². The van der Waals surface area contributed by atoms with Crippen molar-refractivity contribution in [1.29, 1.82) is 5.26 Å².